The van der Waals surface area contributed by atoms with Crippen molar-refractivity contribution in [1.82, 2.24) is 9.80 Å². The second-order valence-electron chi connectivity index (χ2n) is 6.67. The zero-order valence-corrected chi connectivity index (χ0v) is 14.0. The van der Waals surface area contributed by atoms with E-state index in [1.165, 1.54) is 12.8 Å². The lowest BCUT2D eigenvalue weighted by Crippen LogP contribution is -2.40. The molecule has 2 unspecified atom stereocenters. The average Bonchev–Trinajstić information content (AvgIpc) is 3.38. The molecule has 2 aliphatic rings. The minimum absolute atomic E-state index is 0.0357. The summed E-state index contributed by atoms with van der Waals surface area (Å²) in [5, 5.41) is 0. The van der Waals surface area contributed by atoms with Crippen molar-refractivity contribution >= 4 is 17.9 Å². The first kappa shape index (κ1) is 15.8. The molecule has 3 rings (SSSR count). The van der Waals surface area contributed by atoms with Crippen LogP contribution in [-0.4, -0.2) is 34.7 Å². The Morgan fingerprint density at radius 1 is 1.30 bits per heavy atom. The number of carbonyl (C=O) groups is 2. The Morgan fingerprint density at radius 3 is 2.65 bits per heavy atom. The molecular formula is C19H24N2O2. The number of benzene rings is 1. The van der Waals surface area contributed by atoms with Crippen LogP contribution in [0.1, 0.15) is 50.3 Å². The first-order chi connectivity index (χ1) is 11.0. The molecule has 1 saturated carbocycles. The number of rotatable bonds is 4. The maximum Gasteiger partial charge on any atom is 0.225 e. The molecule has 23 heavy (non-hydrogen) atoms. The second-order valence-corrected chi connectivity index (χ2v) is 6.67. The summed E-state index contributed by atoms with van der Waals surface area (Å²) in [5.74, 6) is 0.712. The van der Waals surface area contributed by atoms with E-state index in [1.807, 2.05) is 42.3 Å². The fourth-order valence-corrected chi connectivity index (χ4v) is 3.34. The van der Waals surface area contributed by atoms with E-state index in [2.05, 4.69) is 6.92 Å². The van der Waals surface area contributed by atoms with Gasteiger partial charge in [0.15, 0.2) is 0 Å². The highest BCUT2D eigenvalue weighted by atomic mass is 16.2. The molecule has 2 atom stereocenters. The third-order valence-corrected chi connectivity index (χ3v) is 5.15. The molecule has 4 nitrogen and oxygen atoms in total. The Hall–Kier alpha value is -2.10. The van der Waals surface area contributed by atoms with E-state index >= 15 is 0 Å². The minimum Gasteiger partial charge on any atom is -0.343 e. The normalized spacial score (nSPS) is 20.8. The number of hydrogen-bond donors (Lipinski definition) is 0. The predicted molar refractivity (Wildman–Crippen MR) is 90.3 cm³/mol. The van der Waals surface area contributed by atoms with Crippen LogP contribution in [0.3, 0.4) is 0 Å². The van der Waals surface area contributed by atoms with Crippen LogP contribution < -0.4 is 0 Å². The number of carbonyl (C=O) groups excluding carboxylic acids is 2. The highest BCUT2D eigenvalue weighted by Gasteiger charge is 2.34. The highest BCUT2D eigenvalue weighted by molar-refractivity contribution is 5.82. The van der Waals surface area contributed by atoms with E-state index in [0.29, 0.717) is 12.3 Å². The average molecular weight is 312 g/mol. The maximum absolute atomic E-state index is 12.7. The molecular weight excluding hydrogens is 288 g/mol. The molecule has 4 heteroatoms. The van der Waals surface area contributed by atoms with E-state index in [-0.39, 0.29) is 23.9 Å². The van der Waals surface area contributed by atoms with E-state index in [0.717, 1.165) is 11.1 Å². The molecule has 1 aromatic rings. The topological polar surface area (TPSA) is 40.6 Å². The lowest BCUT2D eigenvalue weighted by atomic mass is 9.93. The summed E-state index contributed by atoms with van der Waals surface area (Å²) < 4.78 is 0. The molecule has 1 aromatic carbocycles. The van der Waals surface area contributed by atoms with Crippen molar-refractivity contribution in [2.75, 3.05) is 7.05 Å². The van der Waals surface area contributed by atoms with Crippen LogP contribution in [0.2, 0.25) is 0 Å². The van der Waals surface area contributed by atoms with Gasteiger partial charge < -0.3 is 9.80 Å². The van der Waals surface area contributed by atoms with Crippen LogP contribution in [0, 0.1) is 5.92 Å². The number of nitrogens with zero attached hydrogens (tertiary/aromatic N) is 2. The number of amides is 2. The molecule has 1 fully saturated rings. The van der Waals surface area contributed by atoms with E-state index < -0.39 is 0 Å². The molecule has 0 saturated heterocycles. The lowest BCUT2D eigenvalue weighted by molar-refractivity contribution is -0.135. The zero-order valence-electron chi connectivity index (χ0n) is 14.0. The summed E-state index contributed by atoms with van der Waals surface area (Å²) in [5.41, 5.74) is 2.13. The second kappa shape index (κ2) is 6.19. The van der Waals surface area contributed by atoms with Gasteiger partial charge in [-0.25, -0.2) is 0 Å². The Morgan fingerprint density at radius 2 is 2.00 bits per heavy atom. The SMILES string of the molecule is CC(=O)N1C=Cc2ccccc2C1CC(=O)N(C)C(C)C1CC1. The van der Waals surface area contributed by atoms with Gasteiger partial charge in [0.05, 0.1) is 12.5 Å². The maximum atomic E-state index is 12.7. The number of hydrogen-bond acceptors (Lipinski definition) is 2. The fraction of sp³-hybridized carbons (Fsp3) is 0.474. The van der Waals surface area contributed by atoms with Gasteiger partial charge in [-0.1, -0.05) is 24.3 Å². The summed E-state index contributed by atoms with van der Waals surface area (Å²) in [6.45, 7) is 3.67. The van der Waals surface area contributed by atoms with Crippen molar-refractivity contribution in [3.8, 4) is 0 Å². The van der Waals surface area contributed by atoms with Crippen molar-refractivity contribution in [2.45, 2.75) is 45.2 Å². The van der Waals surface area contributed by atoms with Gasteiger partial charge in [0.1, 0.15) is 0 Å². The van der Waals surface area contributed by atoms with Gasteiger partial charge in [0.25, 0.3) is 0 Å². The summed E-state index contributed by atoms with van der Waals surface area (Å²) in [4.78, 5) is 28.2. The third-order valence-electron chi connectivity index (χ3n) is 5.15. The summed E-state index contributed by atoms with van der Waals surface area (Å²) >= 11 is 0. The molecule has 2 amide bonds. The monoisotopic (exact) mass is 312 g/mol. The molecule has 1 aliphatic carbocycles. The molecule has 0 N–H and O–H groups in total. The minimum atomic E-state index is -0.213. The quantitative estimate of drug-likeness (QED) is 0.856. The van der Waals surface area contributed by atoms with Gasteiger partial charge in [0, 0.05) is 26.2 Å². The molecule has 0 aromatic heterocycles. The predicted octanol–water partition coefficient (Wildman–Crippen LogP) is 3.21. The molecule has 122 valence electrons. The Balaban J connectivity index is 1.81. The van der Waals surface area contributed by atoms with Gasteiger partial charge in [-0.15, -0.1) is 0 Å². The highest BCUT2D eigenvalue weighted by Crippen LogP contribution is 2.36. The lowest BCUT2D eigenvalue weighted by Gasteiger charge is -2.34. The van der Waals surface area contributed by atoms with Crippen LogP contribution in [0.15, 0.2) is 30.5 Å². The molecule has 0 radical (unpaired) electrons. The van der Waals surface area contributed by atoms with Crippen LogP contribution in [-0.2, 0) is 9.59 Å². The van der Waals surface area contributed by atoms with Crippen LogP contribution in [0.5, 0.6) is 0 Å². The Labute approximate surface area is 137 Å². The molecule has 1 aliphatic heterocycles. The zero-order chi connectivity index (χ0) is 16.6. The first-order valence-electron chi connectivity index (χ1n) is 8.30. The number of fused-ring (bicyclic) bond motifs is 1. The van der Waals surface area contributed by atoms with Crippen molar-refractivity contribution in [1.29, 1.82) is 0 Å². The van der Waals surface area contributed by atoms with Crippen molar-refractivity contribution in [3.63, 3.8) is 0 Å². The van der Waals surface area contributed by atoms with Gasteiger partial charge in [0.2, 0.25) is 11.8 Å². The van der Waals surface area contributed by atoms with Gasteiger partial charge in [-0.05, 0) is 42.9 Å². The summed E-state index contributed by atoms with van der Waals surface area (Å²) in [6, 6.07) is 8.04. The summed E-state index contributed by atoms with van der Waals surface area (Å²) in [6.07, 6.45) is 6.50. The molecule has 0 spiro atoms. The van der Waals surface area contributed by atoms with Crippen molar-refractivity contribution < 1.29 is 9.59 Å². The third kappa shape index (κ3) is 3.16. The molecule has 1 heterocycles. The van der Waals surface area contributed by atoms with E-state index in [4.69, 9.17) is 0 Å². The first-order valence-corrected chi connectivity index (χ1v) is 8.30. The Bertz CT molecular complexity index is 649. The molecule has 0 bridgehead atoms. The Kier molecular flexibility index (Phi) is 4.24. The van der Waals surface area contributed by atoms with Crippen LogP contribution >= 0.6 is 0 Å². The standard InChI is InChI=1S/C19H24N2O2/c1-13(15-8-9-15)20(3)19(23)12-18-17-7-5-4-6-16(17)10-11-21(18)14(2)22/h4-7,10-11,13,15,18H,8-9,12H2,1-3H3. The van der Waals surface area contributed by atoms with Crippen LogP contribution in [0.25, 0.3) is 6.08 Å². The van der Waals surface area contributed by atoms with E-state index in [1.54, 1.807) is 18.0 Å². The van der Waals surface area contributed by atoms with Gasteiger partial charge >= 0.3 is 0 Å². The summed E-state index contributed by atoms with van der Waals surface area (Å²) in [7, 11) is 1.88. The van der Waals surface area contributed by atoms with Crippen LogP contribution in [0.4, 0.5) is 0 Å². The van der Waals surface area contributed by atoms with Crippen molar-refractivity contribution in [3.05, 3.63) is 41.6 Å². The largest absolute Gasteiger partial charge is 0.343 e. The van der Waals surface area contributed by atoms with Gasteiger partial charge in [-0.2, -0.15) is 0 Å². The van der Waals surface area contributed by atoms with Gasteiger partial charge in [-0.3, -0.25) is 9.59 Å². The smallest absolute Gasteiger partial charge is 0.225 e. The fourth-order valence-electron chi connectivity index (χ4n) is 3.34. The van der Waals surface area contributed by atoms with Crippen molar-refractivity contribution in [2.24, 2.45) is 5.92 Å². The van der Waals surface area contributed by atoms with E-state index in [9.17, 15) is 9.59 Å².